The quantitative estimate of drug-likeness (QED) is 0.433. The summed E-state index contributed by atoms with van der Waals surface area (Å²) in [7, 11) is -2.54. The van der Waals surface area contributed by atoms with Gasteiger partial charge in [0.25, 0.3) is 8.32 Å². The van der Waals surface area contributed by atoms with E-state index in [4.69, 9.17) is 9.16 Å². The van der Waals surface area contributed by atoms with Crippen LogP contribution in [-0.4, -0.2) is 38.3 Å². The first kappa shape index (κ1) is 20.0. The van der Waals surface area contributed by atoms with E-state index in [1.807, 2.05) is 12.1 Å². The highest BCUT2D eigenvalue weighted by Crippen LogP contribution is 2.38. The van der Waals surface area contributed by atoms with Crippen LogP contribution in [0.5, 0.6) is 0 Å². The molecule has 1 aliphatic heterocycles. The molecule has 0 aliphatic carbocycles. The van der Waals surface area contributed by atoms with Crippen molar-refractivity contribution >= 4 is 18.7 Å². The molecule has 1 aliphatic rings. The lowest BCUT2D eigenvalue weighted by atomic mass is 10.1. The Kier molecular flexibility index (Phi) is 6.01. The highest BCUT2D eigenvalue weighted by Gasteiger charge is 2.52. The molecule has 3 rings (SSSR count). The van der Waals surface area contributed by atoms with E-state index < -0.39 is 14.4 Å². The number of benzene rings is 2. The molecule has 3 atom stereocenters. The van der Waals surface area contributed by atoms with E-state index in [9.17, 15) is 5.11 Å². The fraction of sp³-hybridized carbons (Fsp3) is 0.391. The summed E-state index contributed by atoms with van der Waals surface area (Å²) in [5.41, 5.74) is 0. The van der Waals surface area contributed by atoms with Gasteiger partial charge in [0.1, 0.15) is 12.2 Å². The van der Waals surface area contributed by atoms with Crippen molar-refractivity contribution in [1.29, 1.82) is 0 Å². The average molecular weight is 383 g/mol. The number of aliphatic hydroxyl groups excluding tert-OH is 1. The third-order valence-electron chi connectivity index (χ3n) is 5.29. The van der Waals surface area contributed by atoms with E-state index in [0.29, 0.717) is 13.0 Å². The van der Waals surface area contributed by atoms with E-state index in [1.54, 1.807) is 6.08 Å². The Labute approximate surface area is 163 Å². The summed E-state index contributed by atoms with van der Waals surface area (Å²) < 4.78 is 12.5. The van der Waals surface area contributed by atoms with Crippen LogP contribution >= 0.6 is 0 Å². The van der Waals surface area contributed by atoms with Crippen molar-refractivity contribution in [3.05, 3.63) is 73.3 Å². The molecule has 0 unspecified atom stereocenters. The number of hydrogen-bond donors (Lipinski definition) is 1. The Bertz CT molecular complexity index is 700. The van der Waals surface area contributed by atoms with E-state index >= 15 is 0 Å². The minimum atomic E-state index is -2.54. The predicted molar refractivity (Wildman–Crippen MR) is 113 cm³/mol. The number of epoxide rings is 1. The van der Waals surface area contributed by atoms with Gasteiger partial charge in [0.15, 0.2) is 0 Å². The van der Waals surface area contributed by atoms with Crippen LogP contribution in [-0.2, 0) is 9.16 Å². The normalized spacial score (nSPS) is 20.9. The second-order valence-corrected chi connectivity index (χ2v) is 12.5. The Morgan fingerprint density at radius 1 is 1.07 bits per heavy atom. The lowest BCUT2D eigenvalue weighted by molar-refractivity contribution is 0.138. The molecular weight excluding hydrogens is 352 g/mol. The Morgan fingerprint density at radius 3 is 2.04 bits per heavy atom. The number of aliphatic hydroxyl groups is 1. The molecule has 1 N–H and O–H groups in total. The topological polar surface area (TPSA) is 42.0 Å². The van der Waals surface area contributed by atoms with Crippen LogP contribution in [0.25, 0.3) is 0 Å². The lowest BCUT2D eigenvalue weighted by Gasteiger charge is -2.43. The van der Waals surface area contributed by atoms with E-state index in [0.717, 1.165) is 0 Å². The molecule has 0 saturated carbocycles. The Hall–Kier alpha value is -1.72. The molecular formula is C23H30O3Si. The van der Waals surface area contributed by atoms with E-state index in [-0.39, 0.29) is 17.2 Å². The monoisotopic (exact) mass is 382 g/mol. The molecule has 0 aromatic heterocycles. The van der Waals surface area contributed by atoms with Crippen molar-refractivity contribution < 1.29 is 14.3 Å². The van der Waals surface area contributed by atoms with Gasteiger partial charge in [-0.2, -0.15) is 0 Å². The summed E-state index contributed by atoms with van der Waals surface area (Å²) in [5.74, 6) is 0. The van der Waals surface area contributed by atoms with Gasteiger partial charge >= 0.3 is 0 Å². The maximum absolute atomic E-state index is 10.1. The first-order valence-corrected chi connectivity index (χ1v) is 11.5. The molecule has 0 spiro atoms. The summed E-state index contributed by atoms with van der Waals surface area (Å²) in [4.78, 5) is 0. The molecule has 0 amide bonds. The third kappa shape index (κ3) is 4.09. The van der Waals surface area contributed by atoms with Gasteiger partial charge in [-0.15, -0.1) is 6.58 Å². The molecule has 1 fully saturated rings. The van der Waals surface area contributed by atoms with Crippen LogP contribution in [0.1, 0.15) is 27.2 Å². The van der Waals surface area contributed by atoms with Crippen molar-refractivity contribution in [2.45, 2.75) is 50.5 Å². The van der Waals surface area contributed by atoms with Gasteiger partial charge in [-0.05, 0) is 21.8 Å². The second kappa shape index (κ2) is 8.11. The molecule has 2 aromatic rings. The highest BCUT2D eigenvalue weighted by molar-refractivity contribution is 6.99. The maximum atomic E-state index is 10.1. The molecule has 0 radical (unpaired) electrons. The van der Waals surface area contributed by atoms with E-state index in [2.05, 4.69) is 75.9 Å². The van der Waals surface area contributed by atoms with Crippen LogP contribution in [0.4, 0.5) is 0 Å². The zero-order valence-electron chi connectivity index (χ0n) is 16.5. The Morgan fingerprint density at radius 2 is 1.59 bits per heavy atom. The van der Waals surface area contributed by atoms with Crippen molar-refractivity contribution in [3.8, 4) is 0 Å². The fourth-order valence-corrected chi connectivity index (χ4v) is 8.47. The van der Waals surface area contributed by atoms with Crippen LogP contribution in [0.3, 0.4) is 0 Å². The molecule has 144 valence electrons. The summed E-state index contributed by atoms with van der Waals surface area (Å²) in [5, 5.41) is 12.6. The lowest BCUT2D eigenvalue weighted by Crippen LogP contribution is -2.66. The molecule has 27 heavy (non-hydrogen) atoms. The van der Waals surface area contributed by atoms with Crippen molar-refractivity contribution in [1.82, 2.24) is 0 Å². The van der Waals surface area contributed by atoms with Crippen LogP contribution in [0.15, 0.2) is 73.3 Å². The smallest absolute Gasteiger partial charge is 0.261 e. The first-order chi connectivity index (χ1) is 12.9. The van der Waals surface area contributed by atoms with Gasteiger partial charge < -0.3 is 14.3 Å². The number of ether oxygens (including phenoxy) is 1. The van der Waals surface area contributed by atoms with Crippen LogP contribution < -0.4 is 10.4 Å². The van der Waals surface area contributed by atoms with Crippen molar-refractivity contribution in [2.24, 2.45) is 0 Å². The molecule has 1 saturated heterocycles. The SMILES string of the molecule is C=CC[C@@H](O)[C@H]1O[C@H]1CO[Si](c1ccccc1)(c1ccccc1)C(C)(C)C. The van der Waals surface area contributed by atoms with Gasteiger partial charge in [-0.3, -0.25) is 0 Å². The molecule has 4 heteroatoms. The minimum Gasteiger partial charge on any atom is -0.405 e. The van der Waals surface area contributed by atoms with Gasteiger partial charge in [0.2, 0.25) is 0 Å². The standard InChI is InChI=1S/C23H30O3Si/c1-5-12-20(24)22-21(26-22)17-25-27(23(2,3)4,18-13-8-6-9-14-18)19-15-10-7-11-16-19/h5-11,13-16,20-22,24H,1,12,17H2,2-4H3/t20-,21+,22-/m1/s1. The predicted octanol–water partition coefficient (Wildman–Crippen LogP) is 3.27. The largest absolute Gasteiger partial charge is 0.405 e. The third-order valence-corrected chi connectivity index (χ3v) is 10.3. The van der Waals surface area contributed by atoms with Crippen molar-refractivity contribution in [2.75, 3.05) is 6.61 Å². The maximum Gasteiger partial charge on any atom is 0.261 e. The zero-order chi connectivity index (χ0) is 19.5. The van der Waals surface area contributed by atoms with Gasteiger partial charge in [0, 0.05) is 0 Å². The molecule has 1 heterocycles. The van der Waals surface area contributed by atoms with E-state index in [1.165, 1.54) is 10.4 Å². The fourth-order valence-electron chi connectivity index (χ4n) is 3.90. The van der Waals surface area contributed by atoms with Crippen molar-refractivity contribution in [3.63, 3.8) is 0 Å². The summed E-state index contributed by atoms with van der Waals surface area (Å²) in [6, 6.07) is 21.1. The number of rotatable bonds is 8. The summed E-state index contributed by atoms with van der Waals surface area (Å²) in [6.07, 6.45) is 1.56. The Balaban J connectivity index is 1.92. The number of hydrogen-bond acceptors (Lipinski definition) is 3. The van der Waals surface area contributed by atoms with Gasteiger partial charge in [-0.25, -0.2) is 0 Å². The average Bonchev–Trinajstić information content (AvgIpc) is 3.43. The second-order valence-electron chi connectivity index (χ2n) is 8.21. The van der Waals surface area contributed by atoms with Crippen LogP contribution in [0, 0.1) is 0 Å². The molecule has 2 aromatic carbocycles. The minimum absolute atomic E-state index is 0.0541. The summed E-state index contributed by atoms with van der Waals surface area (Å²) in [6.45, 7) is 11.0. The summed E-state index contributed by atoms with van der Waals surface area (Å²) >= 11 is 0. The molecule has 3 nitrogen and oxygen atoms in total. The highest BCUT2D eigenvalue weighted by atomic mass is 28.4. The molecule has 0 bridgehead atoms. The van der Waals surface area contributed by atoms with Gasteiger partial charge in [0.05, 0.1) is 12.7 Å². The zero-order valence-corrected chi connectivity index (χ0v) is 17.5. The first-order valence-electron chi connectivity index (χ1n) is 9.59. The van der Waals surface area contributed by atoms with Gasteiger partial charge in [-0.1, -0.05) is 87.5 Å². The van der Waals surface area contributed by atoms with Crippen LogP contribution in [0.2, 0.25) is 5.04 Å².